The fourth-order valence-electron chi connectivity index (χ4n) is 1.74. The molecule has 0 saturated carbocycles. The first-order chi connectivity index (χ1) is 9.56. The second-order valence-corrected chi connectivity index (χ2v) is 7.77. The Morgan fingerprint density at radius 1 is 1.35 bits per heavy atom. The zero-order chi connectivity index (χ0) is 15.0. The van der Waals surface area contributed by atoms with E-state index in [2.05, 4.69) is 18.2 Å². The van der Waals surface area contributed by atoms with Crippen LogP contribution in [0.1, 0.15) is 31.6 Å². The van der Waals surface area contributed by atoms with Crippen molar-refractivity contribution in [2.24, 2.45) is 0 Å². The zero-order valence-electron chi connectivity index (χ0n) is 12.1. The molecule has 20 heavy (non-hydrogen) atoms. The van der Waals surface area contributed by atoms with Gasteiger partial charge < -0.3 is 5.32 Å². The van der Waals surface area contributed by atoms with Crippen LogP contribution in [0.5, 0.6) is 0 Å². The number of terminal acetylenes is 1. The summed E-state index contributed by atoms with van der Waals surface area (Å²) in [6.07, 6.45) is 7.06. The molecular weight excluding hydrogens is 292 g/mol. The van der Waals surface area contributed by atoms with Crippen LogP contribution in [0.25, 0.3) is 0 Å². The monoisotopic (exact) mass is 314 g/mol. The van der Waals surface area contributed by atoms with Gasteiger partial charge in [-0.1, -0.05) is 19.8 Å². The quantitative estimate of drug-likeness (QED) is 0.562. The van der Waals surface area contributed by atoms with Crippen LogP contribution in [0.15, 0.2) is 16.3 Å². The Morgan fingerprint density at radius 2 is 2.10 bits per heavy atom. The summed E-state index contributed by atoms with van der Waals surface area (Å²) in [5.41, 5.74) is 0. The van der Waals surface area contributed by atoms with Gasteiger partial charge in [0.25, 0.3) is 10.0 Å². The molecule has 112 valence electrons. The molecule has 0 aliphatic rings. The molecule has 0 aliphatic carbocycles. The summed E-state index contributed by atoms with van der Waals surface area (Å²) < 4.78 is 26.7. The molecule has 0 aliphatic heterocycles. The van der Waals surface area contributed by atoms with Crippen molar-refractivity contribution in [3.05, 3.63) is 17.0 Å². The summed E-state index contributed by atoms with van der Waals surface area (Å²) in [5.74, 6) is 2.42. The molecule has 0 saturated heterocycles. The van der Waals surface area contributed by atoms with E-state index in [9.17, 15) is 8.42 Å². The number of sulfonamides is 1. The third-order valence-corrected chi connectivity index (χ3v) is 6.10. The van der Waals surface area contributed by atoms with Crippen LogP contribution in [0.3, 0.4) is 0 Å². The summed E-state index contributed by atoms with van der Waals surface area (Å²) >= 11 is 1.31. The van der Waals surface area contributed by atoms with Crippen LogP contribution >= 0.6 is 11.3 Å². The van der Waals surface area contributed by atoms with Crippen molar-refractivity contribution in [2.75, 3.05) is 19.6 Å². The summed E-state index contributed by atoms with van der Waals surface area (Å²) in [6.45, 7) is 6.24. The van der Waals surface area contributed by atoms with Gasteiger partial charge in [0.2, 0.25) is 0 Å². The molecular formula is C14H22N2O2S2. The molecule has 1 N–H and O–H groups in total. The maximum atomic E-state index is 12.5. The van der Waals surface area contributed by atoms with Crippen LogP contribution in [-0.4, -0.2) is 32.4 Å². The van der Waals surface area contributed by atoms with Gasteiger partial charge in [-0.05, 0) is 31.5 Å². The van der Waals surface area contributed by atoms with E-state index in [-0.39, 0.29) is 6.54 Å². The van der Waals surface area contributed by atoms with E-state index in [4.69, 9.17) is 6.42 Å². The van der Waals surface area contributed by atoms with Gasteiger partial charge in [-0.2, -0.15) is 4.31 Å². The minimum atomic E-state index is -3.45. The standard InChI is InChI=1S/C14H22N2O2S2/c1-4-9-15-12-13-7-8-14(19-13)20(17,18)16(10-5-2)11-6-3/h2,7-8,15H,4,6,9-12H2,1,3H3. The third-order valence-electron chi connectivity index (χ3n) is 2.70. The molecule has 1 rings (SSSR count). The Bertz CT molecular complexity index is 544. The molecule has 4 nitrogen and oxygen atoms in total. The van der Waals surface area contributed by atoms with Crippen molar-refractivity contribution in [3.8, 4) is 12.3 Å². The molecule has 1 heterocycles. The van der Waals surface area contributed by atoms with Gasteiger partial charge in [-0.15, -0.1) is 17.8 Å². The Morgan fingerprint density at radius 3 is 2.70 bits per heavy atom. The van der Waals surface area contributed by atoms with Gasteiger partial charge in [0, 0.05) is 18.0 Å². The molecule has 0 spiro atoms. The fraction of sp³-hybridized carbons (Fsp3) is 0.571. The average molecular weight is 314 g/mol. The molecule has 1 aromatic rings. The van der Waals surface area contributed by atoms with Crippen molar-refractivity contribution in [1.29, 1.82) is 0 Å². The molecule has 1 aromatic heterocycles. The minimum Gasteiger partial charge on any atom is -0.312 e. The van der Waals surface area contributed by atoms with E-state index in [0.29, 0.717) is 17.3 Å². The average Bonchev–Trinajstić information content (AvgIpc) is 2.88. The highest BCUT2D eigenvalue weighted by molar-refractivity contribution is 7.91. The van der Waals surface area contributed by atoms with Crippen molar-refractivity contribution in [3.63, 3.8) is 0 Å². The largest absolute Gasteiger partial charge is 0.312 e. The zero-order valence-corrected chi connectivity index (χ0v) is 13.7. The molecule has 0 aromatic carbocycles. The Hall–Kier alpha value is -0.870. The van der Waals surface area contributed by atoms with Crippen LogP contribution in [0.2, 0.25) is 0 Å². The first kappa shape index (κ1) is 17.2. The van der Waals surface area contributed by atoms with Crippen molar-refractivity contribution < 1.29 is 8.42 Å². The van der Waals surface area contributed by atoms with Crippen molar-refractivity contribution >= 4 is 21.4 Å². The van der Waals surface area contributed by atoms with Gasteiger partial charge in [0.15, 0.2) is 0 Å². The van der Waals surface area contributed by atoms with E-state index in [1.807, 2.05) is 13.0 Å². The molecule has 0 atom stereocenters. The third kappa shape index (κ3) is 4.60. The predicted octanol–water partition coefficient (Wildman–Crippen LogP) is 2.28. The Kier molecular flexibility index (Phi) is 7.24. The lowest BCUT2D eigenvalue weighted by Gasteiger charge is -2.17. The van der Waals surface area contributed by atoms with Crippen LogP contribution in [0, 0.1) is 12.3 Å². The molecule has 0 bridgehead atoms. The van der Waals surface area contributed by atoms with Gasteiger partial charge in [-0.25, -0.2) is 8.42 Å². The predicted molar refractivity (Wildman–Crippen MR) is 84.2 cm³/mol. The molecule has 0 fully saturated rings. The topological polar surface area (TPSA) is 49.4 Å². The summed E-state index contributed by atoms with van der Waals surface area (Å²) in [5, 5.41) is 3.27. The van der Waals surface area contributed by atoms with E-state index in [1.165, 1.54) is 15.6 Å². The lowest BCUT2D eigenvalue weighted by atomic mass is 10.4. The smallest absolute Gasteiger partial charge is 0.253 e. The normalized spacial score (nSPS) is 11.7. The number of hydrogen-bond acceptors (Lipinski definition) is 4. The highest BCUT2D eigenvalue weighted by Gasteiger charge is 2.24. The van der Waals surface area contributed by atoms with E-state index in [1.54, 1.807) is 6.07 Å². The summed E-state index contributed by atoms with van der Waals surface area (Å²) in [7, 11) is -3.45. The first-order valence-corrected chi connectivity index (χ1v) is 9.05. The molecule has 6 heteroatoms. The van der Waals surface area contributed by atoms with Gasteiger partial charge in [0.05, 0.1) is 6.54 Å². The summed E-state index contributed by atoms with van der Waals surface area (Å²) in [6, 6.07) is 3.53. The van der Waals surface area contributed by atoms with E-state index < -0.39 is 10.0 Å². The fourth-order valence-corrected chi connectivity index (χ4v) is 4.67. The number of nitrogens with zero attached hydrogens (tertiary/aromatic N) is 1. The molecule has 0 radical (unpaired) electrons. The second kappa shape index (κ2) is 8.42. The maximum Gasteiger partial charge on any atom is 0.253 e. The van der Waals surface area contributed by atoms with Gasteiger partial charge in [0.1, 0.15) is 4.21 Å². The SMILES string of the molecule is C#CCN(CCC)S(=O)(=O)c1ccc(CNCCC)s1. The Balaban J connectivity index is 2.83. The summed E-state index contributed by atoms with van der Waals surface area (Å²) in [4.78, 5) is 1.02. The first-order valence-electron chi connectivity index (χ1n) is 6.79. The van der Waals surface area contributed by atoms with Crippen molar-refractivity contribution in [2.45, 2.75) is 37.4 Å². The molecule has 0 unspecified atom stereocenters. The van der Waals surface area contributed by atoms with Crippen LogP contribution < -0.4 is 5.32 Å². The van der Waals surface area contributed by atoms with E-state index in [0.717, 1.165) is 24.3 Å². The number of thiophene rings is 1. The van der Waals surface area contributed by atoms with Gasteiger partial charge >= 0.3 is 0 Å². The van der Waals surface area contributed by atoms with Crippen LogP contribution in [-0.2, 0) is 16.6 Å². The highest BCUT2D eigenvalue weighted by Crippen LogP contribution is 2.25. The number of rotatable bonds is 9. The number of hydrogen-bond donors (Lipinski definition) is 1. The minimum absolute atomic E-state index is 0.123. The van der Waals surface area contributed by atoms with Gasteiger partial charge in [-0.3, -0.25) is 0 Å². The number of nitrogens with one attached hydrogen (secondary N) is 1. The molecule has 0 amide bonds. The maximum absolute atomic E-state index is 12.5. The van der Waals surface area contributed by atoms with Crippen molar-refractivity contribution in [1.82, 2.24) is 9.62 Å². The van der Waals surface area contributed by atoms with E-state index >= 15 is 0 Å². The lowest BCUT2D eigenvalue weighted by molar-refractivity contribution is 0.447. The van der Waals surface area contributed by atoms with Crippen LogP contribution in [0.4, 0.5) is 0 Å². The lowest BCUT2D eigenvalue weighted by Crippen LogP contribution is -2.31. The Labute approximate surface area is 126 Å². The second-order valence-electron chi connectivity index (χ2n) is 4.44. The highest BCUT2D eigenvalue weighted by atomic mass is 32.2.